The molecule has 1 N–H and O–H groups in total. The van der Waals surface area contributed by atoms with E-state index in [0.717, 1.165) is 17.1 Å². The van der Waals surface area contributed by atoms with Crippen molar-refractivity contribution >= 4 is 0 Å². The molecule has 0 spiro atoms. The number of hydrogen-bond acceptors (Lipinski definition) is 5. The molecule has 0 heterocycles. The summed E-state index contributed by atoms with van der Waals surface area (Å²) in [5.41, 5.74) is 0.924. The molecule has 1 unspecified atom stereocenters. The van der Waals surface area contributed by atoms with Crippen molar-refractivity contribution in [2.24, 2.45) is 0 Å². The van der Waals surface area contributed by atoms with Gasteiger partial charge in [0, 0.05) is 19.8 Å². The quantitative estimate of drug-likeness (QED) is 0.750. The first-order valence-corrected chi connectivity index (χ1v) is 5.66. The Balaban J connectivity index is 3.16. The van der Waals surface area contributed by atoms with Crippen LogP contribution in [0, 0.1) is 0 Å². The molecule has 0 aliphatic heterocycles. The SMILES string of the molecule is CNC(c1cc(OC)ccc1OC)C(OC)OC. The van der Waals surface area contributed by atoms with E-state index >= 15 is 0 Å². The van der Waals surface area contributed by atoms with Crippen molar-refractivity contribution in [3.8, 4) is 11.5 Å². The van der Waals surface area contributed by atoms with E-state index in [1.54, 1.807) is 28.4 Å². The maximum absolute atomic E-state index is 5.36. The normalized spacial score (nSPS) is 12.6. The molecule has 0 aliphatic carbocycles. The van der Waals surface area contributed by atoms with Crippen LogP contribution in [0.3, 0.4) is 0 Å². The molecule has 1 rings (SSSR count). The lowest BCUT2D eigenvalue weighted by molar-refractivity contribution is -0.123. The van der Waals surface area contributed by atoms with Crippen LogP contribution in [0.5, 0.6) is 11.5 Å². The molecule has 5 nitrogen and oxygen atoms in total. The summed E-state index contributed by atoms with van der Waals surface area (Å²) in [6.07, 6.45) is -0.406. The highest BCUT2D eigenvalue weighted by atomic mass is 16.7. The van der Waals surface area contributed by atoms with Gasteiger partial charge < -0.3 is 24.3 Å². The van der Waals surface area contributed by atoms with Crippen LogP contribution < -0.4 is 14.8 Å². The van der Waals surface area contributed by atoms with Gasteiger partial charge in [-0.2, -0.15) is 0 Å². The van der Waals surface area contributed by atoms with Gasteiger partial charge in [0.25, 0.3) is 0 Å². The molecule has 1 aromatic rings. The third-order valence-electron chi connectivity index (χ3n) is 2.82. The molecule has 5 heteroatoms. The summed E-state index contributed by atoms with van der Waals surface area (Å²) in [5.74, 6) is 1.52. The van der Waals surface area contributed by atoms with Gasteiger partial charge in [0.2, 0.25) is 0 Å². The minimum atomic E-state index is -0.406. The van der Waals surface area contributed by atoms with E-state index in [4.69, 9.17) is 18.9 Å². The van der Waals surface area contributed by atoms with Crippen LogP contribution in [0.4, 0.5) is 0 Å². The smallest absolute Gasteiger partial charge is 0.176 e. The van der Waals surface area contributed by atoms with Crippen molar-refractivity contribution in [3.63, 3.8) is 0 Å². The van der Waals surface area contributed by atoms with Crippen molar-refractivity contribution in [2.75, 3.05) is 35.5 Å². The highest BCUT2D eigenvalue weighted by Crippen LogP contribution is 2.31. The van der Waals surface area contributed by atoms with Crippen molar-refractivity contribution in [1.29, 1.82) is 0 Å². The second-order valence-corrected chi connectivity index (χ2v) is 3.71. The zero-order valence-corrected chi connectivity index (χ0v) is 11.5. The fourth-order valence-electron chi connectivity index (χ4n) is 1.89. The molecule has 0 fully saturated rings. The Bertz CT molecular complexity index is 366. The minimum Gasteiger partial charge on any atom is -0.497 e. The Morgan fingerprint density at radius 2 is 1.67 bits per heavy atom. The first-order valence-electron chi connectivity index (χ1n) is 5.66. The summed E-state index contributed by atoms with van der Waals surface area (Å²) in [7, 11) is 8.31. The first kappa shape index (κ1) is 14.8. The van der Waals surface area contributed by atoms with Crippen molar-refractivity contribution in [3.05, 3.63) is 23.8 Å². The molecule has 0 amide bonds. The summed E-state index contributed by atoms with van der Waals surface area (Å²) in [5, 5.41) is 3.16. The molecule has 0 saturated heterocycles. The zero-order chi connectivity index (χ0) is 13.5. The summed E-state index contributed by atoms with van der Waals surface area (Å²) in [6, 6.07) is 5.47. The van der Waals surface area contributed by atoms with E-state index in [1.807, 2.05) is 25.2 Å². The second kappa shape index (κ2) is 7.20. The molecule has 1 atom stereocenters. The number of hydrogen-bond donors (Lipinski definition) is 1. The fraction of sp³-hybridized carbons (Fsp3) is 0.538. The largest absolute Gasteiger partial charge is 0.497 e. The zero-order valence-electron chi connectivity index (χ0n) is 11.5. The van der Waals surface area contributed by atoms with E-state index in [1.165, 1.54) is 0 Å². The van der Waals surface area contributed by atoms with Gasteiger partial charge in [-0.05, 0) is 25.2 Å². The first-order chi connectivity index (χ1) is 8.71. The summed E-state index contributed by atoms with van der Waals surface area (Å²) in [4.78, 5) is 0. The summed E-state index contributed by atoms with van der Waals surface area (Å²) in [6.45, 7) is 0. The number of rotatable bonds is 7. The van der Waals surface area contributed by atoms with Crippen LogP contribution in [0.15, 0.2) is 18.2 Å². The minimum absolute atomic E-state index is 0.148. The highest BCUT2D eigenvalue weighted by Gasteiger charge is 2.24. The van der Waals surface area contributed by atoms with E-state index < -0.39 is 6.29 Å². The molecular formula is C13H21NO4. The molecule has 1 aromatic carbocycles. The third-order valence-corrected chi connectivity index (χ3v) is 2.82. The topological polar surface area (TPSA) is 49.0 Å². The average molecular weight is 255 g/mol. The Morgan fingerprint density at radius 1 is 1.00 bits per heavy atom. The van der Waals surface area contributed by atoms with Crippen LogP contribution in [-0.2, 0) is 9.47 Å². The molecule has 102 valence electrons. The summed E-state index contributed by atoms with van der Waals surface area (Å²) < 4.78 is 21.2. The van der Waals surface area contributed by atoms with Gasteiger partial charge in [0.1, 0.15) is 11.5 Å². The van der Waals surface area contributed by atoms with Gasteiger partial charge in [0.15, 0.2) is 6.29 Å². The van der Waals surface area contributed by atoms with Crippen LogP contribution in [0.2, 0.25) is 0 Å². The Kier molecular flexibility index (Phi) is 5.91. The lowest BCUT2D eigenvalue weighted by Gasteiger charge is -2.26. The number of benzene rings is 1. The standard InChI is InChI=1S/C13H21NO4/c1-14-12(13(17-4)18-5)10-8-9(15-2)6-7-11(10)16-3/h6-8,12-14H,1-5H3. The number of nitrogens with one attached hydrogen (secondary N) is 1. The molecular weight excluding hydrogens is 234 g/mol. The van der Waals surface area contributed by atoms with Crippen LogP contribution in [0.25, 0.3) is 0 Å². The van der Waals surface area contributed by atoms with E-state index in [0.29, 0.717) is 0 Å². The van der Waals surface area contributed by atoms with Gasteiger partial charge >= 0.3 is 0 Å². The van der Waals surface area contributed by atoms with E-state index in [-0.39, 0.29) is 6.04 Å². The maximum Gasteiger partial charge on any atom is 0.176 e. The molecule has 18 heavy (non-hydrogen) atoms. The van der Waals surface area contributed by atoms with E-state index in [2.05, 4.69) is 5.32 Å². The lowest BCUT2D eigenvalue weighted by atomic mass is 10.0. The molecule has 0 aromatic heterocycles. The highest BCUT2D eigenvalue weighted by molar-refractivity contribution is 5.42. The van der Waals surface area contributed by atoms with Gasteiger partial charge in [-0.15, -0.1) is 0 Å². The molecule has 0 saturated carbocycles. The third kappa shape index (κ3) is 3.13. The number of methoxy groups -OCH3 is 4. The number of ether oxygens (including phenoxy) is 4. The van der Waals surface area contributed by atoms with Gasteiger partial charge in [-0.3, -0.25) is 0 Å². The number of likely N-dealkylation sites (N-methyl/N-ethyl adjacent to an activating group) is 1. The average Bonchev–Trinajstić information content (AvgIpc) is 2.43. The van der Waals surface area contributed by atoms with Crippen LogP contribution >= 0.6 is 0 Å². The van der Waals surface area contributed by atoms with Gasteiger partial charge in [0.05, 0.1) is 20.3 Å². The van der Waals surface area contributed by atoms with Crippen LogP contribution in [-0.4, -0.2) is 41.8 Å². The molecule has 0 bridgehead atoms. The fourth-order valence-corrected chi connectivity index (χ4v) is 1.89. The van der Waals surface area contributed by atoms with Crippen molar-refractivity contribution in [2.45, 2.75) is 12.3 Å². The van der Waals surface area contributed by atoms with E-state index in [9.17, 15) is 0 Å². The Hall–Kier alpha value is -1.30. The predicted molar refractivity (Wildman–Crippen MR) is 69.2 cm³/mol. The van der Waals surface area contributed by atoms with Gasteiger partial charge in [-0.1, -0.05) is 0 Å². The Labute approximate surface area is 108 Å². The van der Waals surface area contributed by atoms with Gasteiger partial charge in [-0.25, -0.2) is 0 Å². The monoisotopic (exact) mass is 255 g/mol. The van der Waals surface area contributed by atoms with Crippen molar-refractivity contribution < 1.29 is 18.9 Å². The summed E-state index contributed by atoms with van der Waals surface area (Å²) >= 11 is 0. The maximum atomic E-state index is 5.36. The van der Waals surface area contributed by atoms with Crippen molar-refractivity contribution in [1.82, 2.24) is 5.32 Å². The lowest BCUT2D eigenvalue weighted by Crippen LogP contribution is -2.32. The molecule has 0 aliphatic rings. The molecule has 0 radical (unpaired) electrons. The second-order valence-electron chi connectivity index (χ2n) is 3.71. The van der Waals surface area contributed by atoms with Crippen LogP contribution in [0.1, 0.15) is 11.6 Å². The predicted octanol–water partition coefficient (Wildman–Crippen LogP) is 1.58. The Morgan fingerprint density at radius 3 is 2.11 bits per heavy atom.